The van der Waals surface area contributed by atoms with Gasteiger partial charge in [-0.05, 0) is 36.4 Å². The number of amides is 2. The molecule has 166 valence electrons. The second-order valence-electron chi connectivity index (χ2n) is 6.94. The Balaban J connectivity index is 1.39. The molecule has 4 rings (SSSR count). The smallest absolute Gasteiger partial charge is 0.280 e. The number of hydrogen-bond acceptors (Lipinski definition) is 5. The predicted molar refractivity (Wildman–Crippen MR) is 123 cm³/mol. The molecule has 1 aromatic heterocycles. The Hall–Kier alpha value is -4.44. The lowest BCUT2D eigenvalue weighted by Crippen LogP contribution is -2.41. The van der Waals surface area contributed by atoms with Crippen LogP contribution in [0.3, 0.4) is 0 Å². The van der Waals surface area contributed by atoms with Crippen molar-refractivity contribution in [2.45, 2.75) is 4.90 Å². The number of nitrogens with zero attached hydrogens (tertiary/aromatic N) is 1. The zero-order valence-corrected chi connectivity index (χ0v) is 18.0. The van der Waals surface area contributed by atoms with E-state index in [-0.39, 0.29) is 21.8 Å². The Labute approximate surface area is 189 Å². The quantitative estimate of drug-likeness (QED) is 0.328. The van der Waals surface area contributed by atoms with Gasteiger partial charge in [0.15, 0.2) is 0 Å². The van der Waals surface area contributed by atoms with E-state index >= 15 is 0 Å². The number of hydrazine groups is 1. The van der Waals surface area contributed by atoms with E-state index in [9.17, 15) is 18.0 Å². The van der Waals surface area contributed by atoms with Gasteiger partial charge in [-0.15, -0.1) is 0 Å². The first-order chi connectivity index (χ1) is 15.9. The summed E-state index contributed by atoms with van der Waals surface area (Å²) in [7, 11) is -3.80. The fourth-order valence-corrected chi connectivity index (χ4v) is 4.06. The number of aromatic nitrogens is 2. The normalized spacial score (nSPS) is 10.9. The number of nitrogens with one attached hydrogen (secondary N) is 4. The van der Waals surface area contributed by atoms with Gasteiger partial charge in [0.25, 0.3) is 21.8 Å². The van der Waals surface area contributed by atoms with Crippen LogP contribution in [0.15, 0.2) is 95.9 Å². The second-order valence-corrected chi connectivity index (χ2v) is 8.62. The molecule has 0 fully saturated rings. The van der Waals surface area contributed by atoms with E-state index in [1.807, 2.05) is 30.3 Å². The van der Waals surface area contributed by atoms with Crippen molar-refractivity contribution in [3.63, 3.8) is 0 Å². The molecule has 9 nitrogen and oxygen atoms in total. The highest BCUT2D eigenvalue weighted by atomic mass is 32.2. The Bertz CT molecular complexity index is 1390. The number of H-pyrrole nitrogens is 1. The standard InChI is InChI=1S/C23H19N5O4S/c29-22(26-27-23(30)21-15-20(24-25-21)16-8-3-1-4-9-16)17-10-7-11-18(14-17)28-33(31,32)19-12-5-2-6-13-19/h1-15,28H,(H,24,25)(H,26,29)(H,27,30). The van der Waals surface area contributed by atoms with E-state index in [1.165, 1.54) is 36.4 Å². The van der Waals surface area contributed by atoms with Crippen LogP contribution < -0.4 is 15.6 Å². The first-order valence-electron chi connectivity index (χ1n) is 9.82. The number of benzene rings is 3. The molecule has 0 saturated carbocycles. The van der Waals surface area contributed by atoms with Crippen molar-refractivity contribution in [2.75, 3.05) is 4.72 Å². The number of anilines is 1. The molecule has 0 aliphatic heterocycles. The topological polar surface area (TPSA) is 133 Å². The summed E-state index contributed by atoms with van der Waals surface area (Å²) in [5, 5.41) is 6.73. The summed E-state index contributed by atoms with van der Waals surface area (Å²) < 4.78 is 27.4. The van der Waals surface area contributed by atoms with Gasteiger partial charge < -0.3 is 0 Å². The van der Waals surface area contributed by atoms with Gasteiger partial charge in [-0.2, -0.15) is 5.10 Å². The van der Waals surface area contributed by atoms with Crippen LogP contribution in [0.5, 0.6) is 0 Å². The Morgan fingerprint density at radius 1 is 0.758 bits per heavy atom. The monoisotopic (exact) mass is 461 g/mol. The zero-order chi connectivity index (χ0) is 23.3. The van der Waals surface area contributed by atoms with E-state index in [4.69, 9.17) is 0 Å². The van der Waals surface area contributed by atoms with Crippen LogP contribution in [0.1, 0.15) is 20.8 Å². The summed E-state index contributed by atoms with van der Waals surface area (Å²) in [5.41, 5.74) is 6.56. The summed E-state index contributed by atoms with van der Waals surface area (Å²) in [6.45, 7) is 0. The first kappa shape index (κ1) is 21.8. The largest absolute Gasteiger partial charge is 0.287 e. The van der Waals surface area contributed by atoms with Crippen molar-refractivity contribution in [3.05, 3.63) is 102 Å². The summed E-state index contributed by atoms with van der Waals surface area (Å²) in [5.74, 6) is -1.20. The van der Waals surface area contributed by atoms with Crippen LogP contribution in [0.4, 0.5) is 5.69 Å². The Kier molecular flexibility index (Phi) is 6.18. The molecule has 33 heavy (non-hydrogen) atoms. The fraction of sp³-hybridized carbons (Fsp3) is 0. The molecule has 0 aliphatic carbocycles. The molecule has 4 N–H and O–H groups in total. The van der Waals surface area contributed by atoms with Gasteiger partial charge in [-0.3, -0.25) is 30.3 Å². The van der Waals surface area contributed by atoms with Crippen molar-refractivity contribution in [1.29, 1.82) is 0 Å². The molecule has 4 aromatic rings. The first-order valence-corrected chi connectivity index (χ1v) is 11.3. The Morgan fingerprint density at radius 2 is 1.42 bits per heavy atom. The van der Waals surface area contributed by atoms with Gasteiger partial charge in [0.05, 0.1) is 10.6 Å². The van der Waals surface area contributed by atoms with Crippen molar-refractivity contribution in [3.8, 4) is 11.3 Å². The lowest BCUT2D eigenvalue weighted by molar-refractivity contribution is 0.0844. The number of rotatable bonds is 6. The molecule has 3 aromatic carbocycles. The lowest BCUT2D eigenvalue weighted by Gasteiger charge is -2.10. The van der Waals surface area contributed by atoms with Crippen LogP contribution in [0.2, 0.25) is 0 Å². The number of carbonyl (C=O) groups excluding carboxylic acids is 2. The molecule has 0 saturated heterocycles. The van der Waals surface area contributed by atoms with Gasteiger partial charge in [0, 0.05) is 16.8 Å². The third kappa shape index (κ3) is 5.25. The maximum absolute atomic E-state index is 12.5. The molecular formula is C23H19N5O4S. The van der Waals surface area contributed by atoms with Crippen molar-refractivity contribution >= 4 is 27.5 Å². The molecule has 2 amide bonds. The van der Waals surface area contributed by atoms with Gasteiger partial charge in [-0.25, -0.2) is 8.42 Å². The molecule has 0 bridgehead atoms. The van der Waals surface area contributed by atoms with Gasteiger partial charge in [-0.1, -0.05) is 54.6 Å². The summed E-state index contributed by atoms with van der Waals surface area (Å²) in [4.78, 5) is 24.9. The second kappa shape index (κ2) is 9.37. The van der Waals surface area contributed by atoms with E-state index in [2.05, 4.69) is 25.8 Å². The Morgan fingerprint density at radius 3 is 2.15 bits per heavy atom. The van der Waals surface area contributed by atoms with Gasteiger partial charge >= 0.3 is 0 Å². The molecule has 0 spiro atoms. The zero-order valence-electron chi connectivity index (χ0n) is 17.1. The minimum Gasteiger partial charge on any atom is -0.280 e. The van der Waals surface area contributed by atoms with Crippen LogP contribution in [-0.2, 0) is 10.0 Å². The third-order valence-corrected chi connectivity index (χ3v) is 6.01. The van der Waals surface area contributed by atoms with E-state index in [1.54, 1.807) is 24.3 Å². The maximum Gasteiger partial charge on any atom is 0.287 e. The van der Waals surface area contributed by atoms with Gasteiger partial charge in [0.2, 0.25) is 0 Å². The number of aromatic amines is 1. The van der Waals surface area contributed by atoms with Crippen molar-refractivity contribution < 1.29 is 18.0 Å². The molecular weight excluding hydrogens is 442 g/mol. The molecule has 0 unspecified atom stereocenters. The van der Waals surface area contributed by atoms with Crippen LogP contribution in [0.25, 0.3) is 11.3 Å². The highest BCUT2D eigenvalue weighted by Crippen LogP contribution is 2.18. The molecule has 0 atom stereocenters. The third-order valence-electron chi connectivity index (χ3n) is 4.61. The summed E-state index contributed by atoms with van der Waals surface area (Å²) in [6, 6.07) is 24.7. The van der Waals surface area contributed by atoms with E-state index in [0.29, 0.717) is 5.69 Å². The van der Waals surface area contributed by atoms with Crippen LogP contribution in [0, 0.1) is 0 Å². The average molecular weight is 462 g/mol. The maximum atomic E-state index is 12.5. The van der Waals surface area contributed by atoms with Gasteiger partial charge in [0.1, 0.15) is 5.69 Å². The highest BCUT2D eigenvalue weighted by molar-refractivity contribution is 7.92. The SMILES string of the molecule is O=C(NNC(=O)c1cc(-c2ccccc2)n[nH]1)c1cccc(NS(=O)(=O)c2ccccc2)c1. The summed E-state index contributed by atoms with van der Waals surface area (Å²) in [6.07, 6.45) is 0. The number of hydrogen-bond donors (Lipinski definition) is 4. The predicted octanol–water partition coefficient (Wildman–Crippen LogP) is 2.95. The molecule has 0 aliphatic rings. The lowest BCUT2D eigenvalue weighted by atomic mass is 10.1. The van der Waals surface area contributed by atoms with Crippen LogP contribution >= 0.6 is 0 Å². The fourth-order valence-electron chi connectivity index (χ4n) is 2.99. The number of sulfonamides is 1. The minimum atomic E-state index is -3.80. The summed E-state index contributed by atoms with van der Waals surface area (Å²) >= 11 is 0. The van der Waals surface area contributed by atoms with Crippen molar-refractivity contribution in [2.24, 2.45) is 0 Å². The molecule has 1 heterocycles. The van der Waals surface area contributed by atoms with Crippen molar-refractivity contribution in [1.82, 2.24) is 21.0 Å². The minimum absolute atomic E-state index is 0.0987. The van der Waals surface area contributed by atoms with Crippen LogP contribution in [-0.4, -0.2) is 30.4 Å². The molecule has 10 heteroatoms. The van der Waals surface area contributed by atoms with E-state index in [0.717, 1.165) is 5.56 Å². The number of carbonyl (C=O) groups is 2. The van der Waals surface area contributed by atoms with E-state index < -0.39 is 21.8 Å². The average Bonchev–Trinajstić information content (AvgIpc) is 3.34. The highest BCUT2D eigenvalue weighted by Gasteiger charge is 2.16. The molecule has 0 radical (unpaired) electrons.